The first-order valence-corrected chi connectivity index (χ1v) is 6.74. The first-order valence-electron chi connectivity index (χ1n) is 6.36. The van der Waals surface area contributed by atoms with Crippen molar-refractivity contribution in [1.29, 1.82) is 5.26 Å². The number of halogens is 1. The number of nitro groups is 1. The molecule has 2 aromatic rings. The second-order valence-corrected chi connectivity index (χ2v) is 4.84. The Labute approximate surface area is 136 Å². The van der Waals surface area contributed by atoms with E-state index in [0.717, 1.165) is 6.07 Å². The predicted molar refractivity (Wildman–Crippen MR) is 83.4 cm³/mol. The molecule has 2 rings (SSSR count). The Morgan fingerprint density at radius 2 is 2.13 bits per heavy atom. The van der Waals surface area contributed by atoms with Crippen molar-refractivity contribution in [2.24, 2.45) is 0 Å². The van der Waals surface area contributed by atoms with Gasteiger partial charge in [-0.25, -0.2) is 0 Å². The van der Waals surface area contributed by atoms with Crippen LogP contribution in [0.4, 0.5) is 11.4 Å². The summed E-state index contributed by atoms with van der Waals surface area (Å²) in [6.07, 6.45) is 0. The lowest BCUT2D eigenvalue weighted by Crippen LogP contribution is -2.20. The van der Waals surface area contributed by atoms with Gasteiger partial charge in [0.1, 0.15) is 0 Å². The van der Waals surface area contributed by atoms with Gasteiger partial charge in [-0.2, -0.15) is 5.26 Å². The van der Waals surface area contributed by atoms with E-state index < -0.39 is 17.4 Å². The van der Waals surface area contributed by atoms with Crippen LogP contribution in [0, 0.1) is 21.4 Å². The van der Waals surface area contributed by atoms with Crippen LogP contribution in [0.15, 0.2) is 42.5 Å². The molecule has 116 valence electrons. The largest absolute Gasteiger partial charge is 0.477 e. The highest BCUT2D eigenvalue weighted by Gasteiger charge is 2.16. The van der Waals surface area contributed by atoms with Gasteiger partial charge in [0.15, 0.2) is 12.4 Å². The first kappa shape index (κ1) is 16.3. The highest BCUT2D eigenvalue weighted by molar-refractivity contribution is 6.30. The van der Waals surface area contributed by atoms with Crippen molar-refractivity contribution in [2.45, 2.75) is 0 Å². The zero-order valence-corrected chi connectivity index (χ0v) is 12.4. The molecule has 0 atom stereocenters. The van der Waals surface area contributed by atoms with Crippen molar-refractivity contribution >= 4 is 28.9 Å². The SMILES string of the molecule is N#Cc1cccc(NC(=O)COc2ccc(Cl)cc2[N+](=O)[O-])c1. The lowest BCUT2D eigenvalue weighted by molar-refractivity contribution is -0.385. The van der Waals surface area contributed by atoms with E-state index in [2.05, 4.69) is 5.32 Å². The van der Waals surface area contributed by atoms with E-state index in [9.17, 15) is 14.9 Å². The summed E-state index contributed by atoms with van der Waals surface area (Å²) in [4.78, 5) is 22.1. The maximum Gasteiger partial charge on any atom is 0.312 e. The molecule has 0 heterocycles. The van der Waals surface area contributed by atoms with Gasteiger partial charge in [0, 0.05) is 16.8 Å². The molecule has 8 heteroatoms. The second-order valence-electron chi connectivity index (χ2n) is 4.40. The topological polar surface area (TPSA) is 105 Å². The van der Waals surface area contributed by atoms with Gasteiger partial charge in [-0.05, 0) is 30.3 Å². The summed E-state index contributed by atoms with van der Waals surface area (Å²) in [6.45, 7) is -0.417. The molecule has 0 bridgehead atoms. The number of hydrogen-bond acceptors (Lipinski definition) is 5. The molecule has 7 nitrogen and oxygen atoms in total. The number of hydrogen-bond donors (Lipinski definition) is 1. The fourth-order valence-electron chi connectivity index (χ4n) is 1.76. The standard InChI is InChI=1S/C15H10ClN3O4/c16-11-4-5-14(13(7-11)19(21)22)23-9-15(20)18-12-3-1-2-10(6-12)8-17/h1-7H,9H2,(H,18,20). The second kappa shape index (κ2) is 7.24. The van der Waals surface area contributed by atoms with Crippen LogP contribution >= 0.6 is 11.6 Å². The minimum atomic E-state index is -0.643. The van der Waals surface area contributed by atoms with Crippen molar-refractivity contribution in [3.63, 3.8) is 0 Å². The summed E-state index contributed by atoms with van der Waals surface area (Å²) in [5.41, 5.74) is 0.511. The molecule has 1 amide bonds. The Balaban J connectivity index is 2.02. The summed E-state index contributed by atoms with van der Waals surface area (Å²) in [7, 11) is 0. The van der Waals surface area contributed by atoms with Gasteiger partial charge in [-0.1, -0.05) is 17.7 Å². The minimum Gasteiger partial charge on any atom is -0.477 e. The molecular formula is C15H10ClN3O4. The summed E-state index contributed by atoms with van der Waals surface area (Å²) in [5.74, 6) is -0.565. The Kier molecular flexibility index (Phi) is 5.12. The van der Waals surface area contributed by atoms with Crippen LogP contribution in [0.3, 0.4) is 0 Å². The van der Waals surface area contributed by atoms with Gasteiger partial charge < -0.3 is 10.1 Å². The number of amides is 1. The Hall–Kier alpha value is -3.11. The molecule has 0 saturated heterocycles. The number of ether oxygens (including phenoxy) is 1. The number of nitrogens with one attached hydrogen (secondary N) is 1. The third kappa shape index (κ3) is 4.43. The monoisotopic (exact) mass is 331 g/mol. The molecule has 1 N–H and O–H groups in total. The van der Waals surface area contributed by atoms with Crippen molar-refractivity contribution in [1.82, 2.24) is 0 Å². The van der Waals surface area contributed by atoms with E-state index in [1.807, 2.05) is 6.07 Å². The van der Waals surface area contributed by atoms with Crippen molar-refractivity contribution in [3.8, 4) is 11.8 Å². The fourth-order valence-corrected chi connectivity index (χ4v) is 1.93. The summed E-state index contributed by atoms with van der Waals surface area (Å²) in [5, 5.41) is 22.4. The molecule has 23 heavy (non-hydrogen) atoms. The molecule has 0 radical (unpaired) electrons. The maximum absolute atomic E-state index is 11.8. The highest BCUT2D eigenvalue weighted by atomic mass is 35.5. The quantitative estimate of drug-likeness (QED) is 0.669. The van der Waals surface area contributed by atoms with Crippen LogP contribution in [0.1, 0.15) is 5.56 Å². The number of carbonyl (C=O) groups is 1. The number of nitriles is 1. The molecule has 0 saturated carbocycles. The normalized spacial score (nSPS) is 9.74. The highest BCUT2D eigenvalue weighted by Crippen LogP contribution is 2.29. The Morgan fingerprint density at radius 1 is 1.35 bits per heavy atom. The molecular weight excluding hydrogens is 322 g/mol. The number of carbonyl (C=O) groups excluding carboxylic acids is 1. The van der Waals surface area contributed by atoms with E-state index in [4.69, 9.17) is 21.6 Å². The van der Waals surface area contributed by atoms with Gasteiger partial charge in [-0.15, -0.1) is 0 Å². The van der Waals surface area contributed by atoms with E-state index in [1.165, 1.54) is 18.2 Å². The summed E-state index contributed by atoms with van der Waals surface area (Å²) < 4.78 is 5.17. The third-order valence-electron chi connectivity index (χ3n) is 2.75. The Morgan fingerprint density at radius 3 is 2.83 bits per heavy atom. The number of nitrogens with zero attached hydrogens (tertiary/aromatic N) is 2. The molecule has 2 aromatic carbocycles. The van der Waals surface area contributed by atoms with E-state index in [0.29, 0.717) is 11.3 Å². The maximum atomic E-state index is 11.8. The average Bonchev–Trinajstić information content (AvgIpc) is 2.53. The fraction of sp³-hybridized carbons (Fsp3) is 0.0667. The van der Waals surface area contributed by atoms with Gasteiger partial charge in [0.2, 0.25) is 0 Å². The molecule has 0 fully saturated rings. The molecule has 0 unspecified atom stereocenters. The van der Waals surface area contributed by atoms with Crippen molar-refractivity contribution in [2.75, 3.05) is 11.9 Å². The molecule has 0 aliphatic heterocycles. The smallest absolute Gasteiger partial charge is 0.312 e. The third-order valence-corrected chi connectivity index (χ3v) is 2.99. The van der Waals surface area contributed by atoms with Gasteiger partial charge in [0.25, 0.3) is 5.91 Å². The van der Waals surface area contributed by atoms with E-state index in [1.54, 1.807) is 18.2 Å². The molecule has 0 aromatic heterocycles. The lowest BCUT2D eigenvalue weighted by atomic mass is 10.2. The zero-order chi connectivity index (χ0) is 16.8. The average molecular weight is 332 g/mol. The Bertz CT molecular complexity index is 802. The lowest BCUT2D eigenvalue weighted by Gasteiger charge is -2.08. The number of nitro benzene ring substituents is 1. The zero-order valence-electron chi connectivity index (χ0n) is 11.7. The summed E-state index contributed by atoms with van der Waals surface area (Å²) >= 11 is 5.69. The van der Waals surface area contributed by atoms with Gasteiger partial charge in [0.05, 0.1) is 16.6 Å². The van der Waals surface area contributed by atoms with Crippen molar-refractivity contribution in [3.05, 3.63) is 63.2 Å². The minimum absolute atomic E-state index is 0.0553. The van der Waals surface area contributed by atoms with Crippen LogP contribution in [0.25, 0.3) is 0 Å². The van der Waals surface area contributed by atoms with E-state index >= 15 is 0 Å². The number of anilines is 1. The first-order chi connectivity index (χ1) is 11.0. The van der Waals surface area contributed by atoms with Crippen LogP contribution in [-0.4, -0.2) is 17.4 Å². The van der Waals surface area contributed by atoms with Crippen molar-refractivity contribution < 1.29 is 14.5 Å². The van der Waals surface area contributed by atoms with Gasteiger partial charge >= 0.3 is 5.69 Å². The molecule has 0 spiro atoms. The van der Waals surface area contributed by atoms with Crippen LogP contribution in [0.5, 0.6) is 5.75 Å². The van der Waals surface area contributed by atoms with E-state index in [-0.39, 0.29) is 16.5 Å². The summed E-state index contributed by atoms with van der Waals surface area (Å²) in [6, 6.07) is 12.2. The van der Waals surface area contributed by atoms with Crippen LogP contribution < -0.4 is 10.1 Å². The van der Waals surface area contributed by atoms with Gasteiger partial charge in [-0.3, -0.25) is 14.9 Å². The van der Waals surface area contributed by atoms with Crippen LogP contribution in [0.2, 0.25) is 5.02 Å². The molecule has 0 aliphatic rings. The molecule has 0 aliphatic carbocycles. The number of benzene rings is 2. The predicted octanol–water partition coefficient (Wildman–Crippen LogP) is 3.14. The number of rotatable bonds is 5. The van der Waals surface area contributed by atoms with Crippen LogP contribution in [-0.2, 0) is 4.79 Å².